The van der Waals surface area contributed by atoms with Crippen LogP contribution >= 0.6 is 11.6 Å². The molecule has 2 atom stereocenters. The minimum atomic E-state index is -3.80. The van der Waals surface area contributed by atoms with Crippen molar-refractivity contribution >= 4 is 27.3 Å². The molecule has 1 saturated heterocycles. The van der Waals surface area contributed by atoms with E-state index in [0.717, 1.165) is 12.6 Å². The molecule has 1 aliphatic heterocycles. The summed E-state index contributed by atoms with van der Waals surface area (Å²) in [5.74, 6) is 0. The number of rotatable bonds is 4. The number of nitrogens with zero attached hydrogens (tertiary/aromatic N) is 1. The molecule has 0 radical (unpaired) electrons. The van der Waals surface area contributed by atoms with E-state index in [9.17, 15) is 18.5 Å². The first-order chi connectivity index (χ1) is 9.79. The van der Waals surface area contributed by atoms with Crippen molar-refractivity contribution in [2.24, 2.45) is 0 Å². The van der Waals surface area contributed by atoms with Crippen molar-refractivity contribution in [3.63, 3.8) is 0 Å². The topological polar surface area (TPSA) is 101 Å². The summed E-state index contributed by atoms with van der Waals surface area (Å²) in [4.78, 5) is 9.98. The number of hydrogen-bond donors (Lipinski definition) is 2. The van der Waals surface area contributed by atoms with Crippen LogP contribution in [0.1, 0.15) is 19.8 Å². The molecular formula is C12H16ClN3O4S. The summed E-state index contributed by atoms with van der Waals surface area (Å²) < 4.78 is 27.2. The SMILES string of the molecule is CC1CC(NS(=O)(=O)c2ccc(Cl)c([N+](=O)[O-])c2)CCN1. The van der Waals surface area contributed by atoms with E-state index in [2.05, 4.69) is 10.0 Å². The van der Waals surface area contributed by atoms with Gasteiger partial charge >= 0.3 is 0 Å². The fraction of sp³-hybridized carbons (Fsp3) is 0.500. The third-order valence-corrected chi connectivity index (χ3v) is 5.21. The summed E-state index contributed by atoms with van der Waals surface area (Å²) in [6.45, 7) is 2.71. The fourth-order valence-corrected chi connectivity index (χ4v) is 3.82. The van der Waals surface area contributed by atoms with Gasteiger partial charge in [-0.1, -0.05) is 11.6 Å². The van der Waals surface area contributed by atoms with Gasteiger partial charge in [-0.05, 0) is 38.4 Å². The van der Waals surface area contributed by atoms with Crippen LogP contribution in [0.5, 0.6) is 0 Å². The summed E-state index contributed by atoms with van der Waals surface area (Å²) in [6.07, 6.45) is 1.36. The molecule has 1 heterocycles. The number of sulfonamides is 1. The summed E-state index contributed by atoms with van der Waals surface area (Å²) in [5, 5.41) is 14.0. The Morgan fingerprint density at radius 2 is 2.19 bits per heavy atom. The highest BCUT2D eigenvalue weighted by molar-refractivity contribution is 7.89. The van der Waals surface area contributed by atoms with Crippen LogP contribution in [0.15, 0.2) is 23.1 Å². The van der Waals surface area contributed by atoms with Crippen LogP contribution in [0.4, 0.5) is 5.69 Å². The number of piperidine rings is 1. The van der Waals surface area contributed by atoms with Crippen LogP contribution in [0.3, 0.4) is 0 Å². The van der Waals surface area contributed by atoms with Gasteiger partial charge < -0.3 is 5.32 Å². The number of nitro groups is 1. The molecule has 7 nitrogen and oxygen atoms in total. The molecule has 21 heavy (non-hydrogen) atoms. The van der Waals surface area contributed by atoms with Gasteiger partial charge in [0.1, 0.15) is 5.02 Å². The summed E-state index contributed by atoms with van der Waals surface area (Å²) >= 11 is 5.69. The molecule has 0 spiro atoms. The maximum atomic E-state index is 12.3. The van der Waals surface area contributed by atoms with E-state index in [1.807, 2.05) is 6.92 Å². The highest BCUT2D eigenvalue weighted by Gasteiger charge is 2.26. The lowest BCUT2D eigenvalue weighted by molar-refractivity contribution is -0.384. The Balaban J connectivity index is 2.23. The van der Waals surface area contributed by atoms with E-state index in [1.54, 1.807) is 0 Å². The van der Waals surface area contributed by atoms with Crippen molar-refractivity contribution in [1.29, 1.82) is 0 Å². The monoisotopic (exact) mass is 333 g/mol. The lowest BCUT2D eigenvalue weighted by atomic mass is 10.0. The molecule has 2 unspecified atom stereocenters. The predicted octanol–water partition coefficient (Wildman–Crippen LogP) is 1.67. The number of benzene rings is 1. The van der Waals surface area contributed by atoms with Gasteiger partial charge in [0.15, 0.2) is 0 Å². The smallest absolute Gasteiger partial charge is 0.289 e. The zero-order chi connectivity index (χ0) is 15.6. The molecule has 0 aromatic heterocycles. The number of nitro benzene ring substituents is 1. The van der Waals surface area contributed by atoms with E-state index in [4.69, 9.17) is 11.6 Å². The molecule has 116 valence electrons. The molecule has 1 aromatic carbocycles. The zero-order valence-electron chi connectivity index (χ0n) is 11.4. The maximum Gasteiger partial charge on any atom is 0.289 e. The molecule has 1 aromatic rings. The largest absolute Gasteiger partial charge is 0.314 e. The van der Waals surface area contributed by atoms with Crippen LogP contribution < -0.4 is 10.0 Å². The van der Waals surface area contributed by atoms with Gasteiger partial charge in [0, 0.05) is 18.2 Å². The van der Waals surface area contributed by atoms with Crippen LogP contribution in [0.25, 0.3) is 0 Å². The van der Waals surface area contributed by atoms with Crippen molar-refractivity contribution in [3.05, 3.63) is 33.3 Å². The maximum absolute atomic E-state index is 12.3. The van der Waals surface area contributed by atoms with Gasteiger partial charge in [0.2, 0.25) is 10.0 Å². The third kappa shape index (κ3) is 3.91. The first kappa shape index (κ1) is 16.2. The molecule has 0 saturated carbocycles. The first-order valence-corrected chi connectivity index (χ1v) is 8.35. The molecule has 9 heteroatoms. The van der Waals surface area contributed by atoms with E-state index >= 15 is 0 Å². The Hall–Kier alpha value is -1.22. The predicted molar refractivity (Wildman–Crippen MR) is 78.9 cm³/mol. The van der Waals surface area contributed by atoms with Gasteiger partial charge in [-0.2, -0.15) is 0 Å². The Bertz CT molecular complexity index is 650. The molecule has 1 fully saturated rings. The molecular weight excluding hydrogens is 318 g/mol. The molecule has 0 amide bonds. The number of hydrogen-bond acceptors (Lipinski definition) is 5. The Morgan fingerprint density at radius 3 is 2.81 bits per heavy atom. The summed E-state index contributed by atoms with van der Waals surface area (Å²) in [5.41, 5.74) is -0.418. The second-order valence-electron chi connectivity index (χ2n) is 5.07. The molecule has 0 aliphatic carbocycles. The molecule has 2 rings (SSSR count). The summed E-state index contributed by atoms with van der Waals surface area (Å²) in [6, 6.07) is 3.52. The quantitative estimate of drug-likeness (QED) is 0.644. The van der Waals surface area contributed by atoms with Gasteiger partial charge in [-0.15, -0.1) is 0 Å². The van der Waals surface area contributed by atoms with Crippen molar-refractivity contribution in [2.75, 3.05) is 6.54 Å². The second-order valence-corrected chi connectivity index (χ2v) is 7.19. The summed E-state index contributed by atoms with van der Waals surface area (Å²) in [7, 11) is -3.80. The highest BCUT2D eigenvalue weighted by atomic mass is 35.5. The average Bonchev–Trinajstić information content (AvgIpc) is 2.38. The van der Waals surface area contributed by atoms with Gasteiger partial charge in [-0.3, -0.25) is 10.1 Å². The average molecular weight is 334 g/mol. The second kappa shape index (κ2) is 6.27. The first-order valence-electron chi connectivity index (χ1n) is 6.49. The number of halogens is 1. The Kier molecular flexibility index (Phi) is 4.82. The van der Waals surface area contributed by atoms with E-state index in [-0.39, 0.29) is 22.0 Å². The Morgan fingerprint density at radius 1 is 1.48 bits per heavy atom. The minimum absolute atomic E-state index is 0.0885. The van der Waals surface area contributed by atoms with Crippen molar-refractivity contribution in [2.45, 2.75) is 36.7 Å². The van der Waals surface area contributed by atoms with Crippen LogP contribution in [-0.2, 0) is 10.0 Å². The lowest BCUT2D eigenvalue weighted by Gasteiger charge is -2.28. The minimum Gasteiger partial charge on any atom is -0.314 e. The van der Waals surface area contributed by atoms with Crippen LogP contribution in [-0.4, -0.2) is 32.0 Å². The lowest BCUT2D eigenvalue weighted by Crippen LogP contribution is -2.46. The molecule has 0 bridgehead atoms. The van der Waals surface area contributed by atoms with Crippen LogP contribution in [0.2, 0.25) is 5.02 Å². The fourth-order valence-electron chi connectivity index (χ4n) is 2.33. The zero-order valence-corrected chi connectivity index (χ0v) is 12.9. The van der Waals surface area contributed by atoms with Crippen molar-refractivity contribution in [1.82, 2.24) is 10.0 Å². The Labute approximate surface area is 127 Å². The standard InChI is InChI=1S/C12H16ClN3O4S/c1-8-6-9(4-5-14-8)15-21(19,20)10-2-3-11(13)12(7-10)16(17)18/h2-3,7-9,14-15H,4-6H2,1H3. The van der Waals surface area contributed by atoms with E-state index in [1.165, 1.54) is 12.1 Å². The van der Waals surface area contributed by atoms with Crippen molar-refractivity contribution in [3.8, 4) is 0 Å². The normalized spacial score (nSPS) is 23.0. The molecule has 1 aliphatic rings. The molecule has 2 N–H and O–H groups in total. The number of nitrogens with one attached hydrogen (secondary N) is 2. The van der Waals surface area contributed by atoms with Crippen LogP contribution in [0, 0.1) is 10.1 Å². The van der Waals surface area contributed by atoms with Crippen molar-refractivity contribution < 1.29 is 13.3 Å². The third-order valence-electron chi connectivity index (χ3n) is 3.37. The highest BCUT2D eigenvalue weighted by Crippen LogP contribution is 2.27. The van der Waals surface area contributed by atoms with E-state index < -0.39 is 20.6 Å². The van der Waals surface area contributed by atoms with Gasteiger partial charge in [0.25, 0.3) is 5.69 Å². The van der Waals surface area contributed by atoms with Gasteiger partial charge in [-0.25, -0.2) is 13.1 Å². The van der Waals surface area contributed by atoms with E-state index in [0.29, 0.717) is 12.8 Å². The van der Waals surface area contributed by atoms with Gasteiger partial charge in [0.05, 0.1) is 9.82 Å².